The summed E-state index contributed by atoms with van der Waals surface area (Å²) in [4.78, 5) is 1.59. The number of nitrogens with zero attached hydrogens (tertiary/aromatic N) is 2. The maximum Gasteiger partial charge on any atom is 0.416 e. The zero-order valence-electron chi connectivity index (χ0n) is 12.8. The number of alkyl halides is 3. The van der Waals surface area contributed by atoms with E-state index in [0.29, 0.717) is 11.3 Å². The average molecular weight is 371 g/mol. The monoisotopic (exact) mass is 370 g/mol. The zero-order valence-corrected chi connectivity index (χ0v) is 13.6. The van der Waals surface area contributed by atoms with E-state index in [1.807, 2.05) is 0 Å². The molecule has 0 radical (unpaired) electrons. The zero-order chi connectivity index (χ0) is 17.9. The van der Waals surface area contributed by atoms with Crippen LogP contribution >= 0.6 is 11.8 Å². The van der Waals surface area contributed by atoms with Gasteiger partial charge in [-0.05, 0) is 42.0 Å². The number of aromatic nitrogens is 4. The highest BCUT2D eigenvalue weighted by atomic mass is 35.5. The maximum absolute atomic E-state index is 12.5. The maximum atomic E-state index is 12.5. The molecule has 0 saturated carbocycles. The third-order valence-electron chi connectivity index (χ3n) is 3.39. The fraction of sp³-hybridized carbons (Fsp3) is 0.125. The molecular formula is C16H14ClF3N4O. The van der Waals surface area contributed by atoms with Crippen LogP contribution in [0.4, 0.5) is 13.2 Å². The van der Waals surface area contributed by atoms with Crippen molar-refractivity contribution in [2.45, 2.75) is 12.8 Å². The predicted molar refractivity (Wildman–Crippen MR) is 87.1 cm³/mol. The summed E-state index contributed by atoms with van der Waals surface area (Å²) < 4.78 is 44.4. The van der Waals surface area contributed by atoms with Crippen molar-refractivity contribution in [1.82, 2.24) is 19.3 Å². The second kappa shape index (κ2) is 7.02. The number of H-pyrrole nitrogens is 2. The number of hydrogen-bond donors (Lipinski definition) is 2. The number of rotatable bonds is 4. The minimum Gasteiger partial charge on any atom is -0.489 e. The standard InChI is InChI=1S/C16H14ClF3N4O/c17-23-10-9-21-24(22-23)14-5-7-15(8-6-14)25-11-12-1-3-13(4-2-12)16(18,19)20/h1-10,21-22H,11H2. The molecule has 0 aliphatic rings. The molecule has 3 aromatic rings. The molecule has 1 heterocycles. The third kappa shape index (κ3) is 4.42. The number of aromatic amines is 2. The summed E-state index contributed by atoms with van der Waals surface area (Å²) in [5.41, 5.74) is 0.765. The van der Waals surface area contributed by atoms with Crippen molar-refractivity contribution < 1.29 is 17.9 Å². The molecule has 132 valence electrons. The van der Waals surface area contributed by atoms with Crippen molar-refractivity contribution in [1.29, 1.82) is 0 Å². The van der Waals surface area contributed by atoms with Gasteiger partial charge in [0.1, 0.15) is 12.4 Å². The summed E-state index contributed by atoms with van der Waals surface area (Å²) >= 11 is 5.81. The number of nitrogens with one attached hydrogen (secondary N) is 2. The van der Waals surface area contributed by atoms with E-state index in [-0.39, 0.29) is 6.61 Å². The Balaban J connectivity index is 1.64. The highest BCUT2D eigenvalue weighted by Gasteiger charge is 2.29. The van der Waals surface area contributed by atoms with Crippen molar-refractivity contribution >= 4 is 11.8 Å². The van der Waals surface area contributed by atoms with E-state index in [0.717, 1.165) is 17.8 Å². The molecule has 5 nitrogen and oxygen atoms in total. The van der Waals surface area contributed by atoms with Gasteiger partial charge in [-0.15, -0.1) is 0 Å². The Bertz CT molecular complexity index is 855. The van der Waals surface area contributed by atoms with E-state index in [2.05, 4.69) is 10.3 Å². The lowest BCUT2D eigenvalue weighted by Gasteiger charge is -2.11. The highest BCUT2D eigenvalue weighted by molar-refractivity contribution is 6.14. The molecule has 0 atom stereocenters. The SMILES string of the molecule is FC(F)(F)c1ccc(COc2ccc(-n3[nH]ccn(Cl)[nH]3)cc2)cc1. The Morgan fingerprint density at radius 3 is 2.28 bits per heavy atom. The molecule has 0 unspecified atom stereocenters. The molecule has 0 aliphatic carbocycles. The van der Waals surface area contributed by atoms with Gasteiger partial charge in [0.25, 0.3) is 0 Å². The lowest BCUT2D eigenvalue weighted by atomic mass is 10.1. The largest absolute Gasteiger partial charge is 0.489 e. The normalized spacial score (nSPS) is 11.4. The Morgan fingerprint density at radius 1 is 1.00 bits per heavy atom. The molecule has 0 saturated heterocycles. The molecule has 0 fully saturated rings. The van der Waals surface area contributed by atoms with Crippen LogP contribution in [0.1, 0.15) is 11.1 Å². The average Bonchev–Trinajstić information content (AvgIpc) is 2.60. The second-order valence-electron chi connectivity index (χ2n) is 5.17. The molecule has 1 aromatic heterocycles. The van der Waals surface area contributed by atoms with Crippen LogP contribution in [0.2, 0.25) is 0 Å². The van der Waals surface area contributed by atoms with Crippen molar-refractivity contribution in [2.24, 2.45) is 0 Å². The second-order valence-corrected chi connectivity index (χ2v) is 5.53. The minimum atomic E-state index is -4.33. The van der Waals surface area contributed by atoms with Gasteiger partial charge in [-0.3, -0.25) is 5.10 Å². The first-order chi connectivity index (χ1) is 11.9. The molecule has 2 N–H and O–H groups in total. The van der Waals surface area contributed by atoms with E-state index >= 15 is 0 Å². The number of benzene rings is 2. The van der Waals surface area contributed by atoms with Crippen LogP contribution in [0.25, 0.3) is 5.69 Å². The number of halogens is 4. The van der Waals surface area contributed by atoms with Crippen LogP contribution in [-0.2, 0) is 12.8 Å². The van der Waals surface area contributed by atoms with Crippen LogP contribution in [0.5, 0.6) is 5.75 Å². The smallest absolute Gasteiger partial charge is 0.416 e. The minimum absolute atomic E-state index is 0.176. The molecule has 0 spiro atoms. The Labute approximate surface area is 146 Å². The van der Waals surface area contributed by atoms with E-state index in [4.69, 9.17) is 16.5 Å². The van der Waals surface area contributed by atoms with Crippen LogP contribution in [-0.4, -0.2) is 19.3 Å². The lowest BCUT2D eigenvalue weighted by Crippen LogP contribution is -2.09. The Morgan fingerprint density at radius 2 is 1.68 bits per heavy atom. The molecule has 0 aliphatic heterocycles. The first-order valence-corrected chi connectivity index (χ1v) is 7.59. The van der Waals surface area contributed by atoms with Crippen LogP contribution in [0.3, 0.4) is 0 Å². The first-order valence-electron chi connectivity index (χ1n) is 7.25. The molecule has 9 heteroatoms. The molecule has 3 rings (SSSR count). The fourth-order valence-electron chi connectivity index (χ4n) is 2.11. The number of hydrogen-bond acceptors (Lipinski definition) is 1. The van der Waals surface area contributed by atoms with Gasteiger partial charge in [0.15, 0.2) is 0 Å². The third-order valence-corrected chi connectivity index (χ3v) is 3.57. The summed E-state index contributed by atoms with van der Waals surface area (Å²) in [6.07, 6.45) is -1.09. The lowest BCUT2D eigenvalue weighted by molar-refractivity contribution is -0.137. The predicted octanol–water partition coefficient (Wildman–Crippen LogP) is 4.66. The molecule has 0 bridgehead atoms. The fourth-order valence-corrected chi connectivity index (χ4v) is 2.24. The van der Waals surface area contributed by atoms with Crippen LogP contribution in [0, 0.1) is 0 Å². The van der Waals surface area contributed by atoms with Crippen molar-refractivity contribution in [3.05, 3.63) is 72.1 Å². The molecule has 2 aromatic carbocycles. The van der Waals surface area contributed by atoms with Gasteiger partial charge < -0.3 is 4.74 Å². The molecular weight excluding hydrogens is 357 g/mol. The molecule has 25 heavy (non-hydrogen) atoms. The van der Waals surface area contributed by atoms with E-state index < -0.39 is 11.7 Å². The van der Waals surface area contributed by atoms with E-state index in [9.17, 15) is 13.2 Å². The van der Waals surface area contributed by atoms with Crippen LogP contribution in [0.15, 0.2) is 60.9 Å². The van der Waals surface area contributed by atoms with Gasteiger partial charge in [-0.25, -0.2) is 5.21 Å². The van der Waals surface area contributed by atoms with Gasteiger partial charge in [0.2, 0.25) is 0 Å². The summed E-state index contributed by atoms with van der Waals surface area (Å²) in [6.45, 7) is 0.176. The van der Waals surface area contributed by atoms with Gasteiger partial charge in [0.05, 0.1) is 17.4 Å². The Hall–Kier alpha value is -2.74. The van der Waals surface area contributed by atoms with E-state index in [1.54, 1.807) is 41.5 Å². The quantitative estimate of drug-likeness (QED) is 0.689. The van der Waals surface area contributed by atoms with Gasteiger partial charge >= 0.3 is 6.18 Å². The van der Waals surface area contributed by atoms with Crippen LogP contribution < -0.4 is 4.74 Å². The highest BCUT2D eigenvalue weighted by Crippen LogP contribution is 2.29. The van der Waals surface area contributed by atoms with Gasteiger partial charge in [0, 0.05) is 18.0 Å². The van der Waals surface area contributed by atoms with Gasteiger partial charge in [-0.1, -0.05) is 12.1 Å². The first kappa shape index (κ1) is 17.1. The van der Waals surface area contributed by atoms with E-state index in [1.165, 1.54) is 16.3 Å². The van der Waals surface area contributed by atoms with Crippen molar-refractivity contribution in [3.63, 3.8) is 0 Å². The number of ether oxygens (including phenoxy) is 1. The topological polar surface area (TPSA) is 50.7 Å². The summed E-state index contributed by atoms with van der Waals surface area (Å²) in [7, 11) is 0. The summed E-state index contributed by atoms with van der Waals surface area (Å²) in [5, 5.41) is 5.77. The molecule has 0 amide bonds. The Kier molecular flexibility index (Phi) is 4.80. The van der Waals surface area contributed by atoms with Gasteiger partial charge in [-0.2, -0.15) is 22.2 Å². The van der Waals surface area contributed by atoms with Crippen molar-refractivity contribution in [2.75, 3.05) is 0 Å². The summed E-state index contributed by atoms with van der Waals surface area (Å²) in [6, 6.07) is 12.0. The van der Waals surface area contributed by atoms with Crippen molar-refractivity contribution in [3.8, 4) is 11.4 Å². The summed E-state index contributed by atoms with van der Waals surface area (Å²) in [5.74, 6) is 0.596.